The summed E-state index contributed by atoms with van der Waals surface area (Å²) >= 11 is 6.26. The van der Waals surface area contributed by atoms with E-state index in [1.165, 1.54) is 42.5 Å². The van der Waals surface area contributed by atoms with Crippen LogP contribution in [0, 0.1) is 0 Å². The first-order chi connectivity index (χ1) is 13.1. The van der Waals surface area contributed by atoms with Gasteiger partial charge in [0.25, 0.3) is 5.91 Å². The van der Waals surface area contributed by atoms with E-state index in [-0.39, 0.29) is 27.5 Å². The number of benzene rings is 1. The Hall–Kier alpha value is -2.78. The third-order valence-corrected chi connectivity index (χ3v) is 4.42. The van der Waals surface area contributed by atoms with E-state index in [2.05, 4.69) is 20.3 Å². The maximum Gasteiger partial charge on any atom is 0.434 e. The second-order valence-electron chi connectivity index (χ2n) is 6.17. The Kier molecular flexibility index (Phi) is 5.22. The van der Waals surface area contributed by atoms with Gasteiger partial charge in [-0.3, -0.25) is 9.63 Å². The SMILES string of the molecule is CONC(=O)c1c[nH]c2cc(Cl)c(-c3ccc(N(C)C)nc3C(F)(F)F)cc12. The van der Waals surface area contributed by atoms with Crippen molar-refractivity contribution in [2.45, 2.75) is 6.18 Å². The van der Waals surface area contributed by atoms with Crippen molar-refractivity contribution < 1.29 is 22.8 Å². The highest BCUT2D eigenvalue weighted by molar-refractivity contribution is 6.34. The van der Waals surface area contributed by atoms with Gasteiger partial charge in [-0.25, -0.2) is 10.5 Å². The number of aromatic nitrogens is 2. The summed E-state index contributed by atoms with van der Waals surface area (Å²) in [5, 5.41) is 0.497. The van der Waals surface area contributed by atoms with Crippen molar-refractivity contribution in [3.63, 3.8) is 0 Å². The van der Waals surface area contributed by atoms with Crippen LogP contribution in [0.3, 0.4) is 0 Å². The van der Waals surface area contributed by atoms with Crippen LogP contribution < -0.4 is 10.4 Å². The molecule has 2 aromatic heterocycles. The van der Waals surface area contributed by atoms with Crippen LogP contribution in [0.25, 0.3) is 22.0 Å². The lowest BCUT2D eigenvalue weighted by Gasteiger charge is -2.18. The standard InChI is InChI=1S/C18H16ClF3N4O2/c1-26(2)15-5-4-9(16(24-15)18(20,21)22)10-6-11-12(17(27)25-28-3)8-23-14(11)7-13(10)19/h4-8,23H,1-3H3,(H,25,27). The number of hydrogen-bond donors (Lipinski definition) is 2. The molecule has 0 aliphatic heterocycles. The number of carbonyl (C=O) groups is 1. The van der Waals surface area contributed by atoms with E-state index in [9.17, 15) is 18.0 Å². The van der Waals surface area contributed by atoms with E-state index >= 15 is 0 Å². The van der Waals surface area contributed by atoms with Gasteiger partial charge in [-0.2, -0.15) is 13.2 Å². The fraction of sp³-hybridized carbons (Fsp3) is 0.222. The monoisotopic (exact) mass is 412 g/mol. The zero-order valence-corrected chi connectivity index (χ0v) is 15.9. The molecular formula is C18H16ClF3N4O2. The molecule has 28 heavy (non-hydrogen) atoms. The van der Waals surface area contributed by atoms with E-state index in [0.717, 1.165) is 0 Å². The van der Waals surface area contributed by atoms with Crippen LogP contribution in [-0.4, -0.2) is 37.1 Å². The third kappa shape index (κ3) is 3.63. The maximum absolute atomic E-state index is 13.7. The number of anilines is 1. The van der Waals surface area contributed by atoms with Gasteiger partial charge < -0.3 is 9.88 Å². The topological polar surface area (TPSA) is 70.2 Å². The molecule has 1 aromatic carbocycles. The largest absolute Gasteiger partial charge is 0.434 e. The number of hydrogen-bond acceptors (Lipinski definition) is 4. The molecule has 1 amide bonds. The van der Waals surface area contributed by atoms with E-state index in [1.807, 2.05) is 0 Å². The Labute approximate surface area is 163 Å². The van der Waals surface area contributed by atoms with Crippen LogP contribution in [0.2, 0.25) is 5.02 Å². The van der Waals surface area contributed by atoms with E-state index < -0.39 is 17.8 Å². The molecule has 10 heteroatoms. The van der Waals surface area contributed by atoms with Gasteiger partial charge in [-0.15, -0.1) is 0 Å². The number of aromatic amines is 1. The van der Waals surface area contributed by atoms with Crippen LogP contribution in [-0.2, 0) is 11.0 Å². The molecule has 3 rings (SSSR count). The minimum absolute atomic E-state index is 0.0953. The lowest BCUT2D eigenvalue weighted by molar-refractivity contribution is -0.140. The summed E-state index contributed by atoms with van der Waals surface area (Å²) in [6.45, 7) is 0. The zero-order chi connectivity index (χ0) is 20.6. The summed E-state index contributed by atoms with van der Waals surface area (Å²) in [6, 6.07) is 5.69. The maximum atomic E-state index is 13.7. The van der Waals surface area contributed by atoms with E-state index in [0.29, 0.717) is 10.9 Å². The number of halogens is 4. The minimum atomic E-state index is -4.69. The fourth-order valence-corrected chi connectivity index (χ4v) is 3.08. The molecule has 0 saturated heterocycles. The highest BCUT2D eigenvalue weighted by Gasteiger charge is 2.37. The average molecular weight is 413 g/mol. The van der Waals surface area contributed by atoms with E-state index in [1.54, 1.807) is 14.1 Å². The van der Waals surface area contributed by atoms with Crippen molar-refractivity contribution in [3.05, 3.63) is 46.7 Å². The number of rotatable bonds is 4. The van der Waals surface area contributed by atoms with Crippen LogP contribution in [0.5, 0.6) is 0 Å². The Morgan fingerprint density at radius 3 is 2.57 bits per heavy atom. The third-order valence-electron chi connectivity index (χ3n) is 4.11. The summed E-state index contributed by atoms with van der Waals surface area (Å²) < 4.78 is 41.0. The number of nitrogens with zero attached hydrogens (tertiary/aromatic N) is 2. The zero-order valence-electron chi connectivity index (χ0n) is 15.1. The Morgan fingerprint density at radius 1 is 1.25 bits per heavy atom. The molecule has 148 valence electrons. The molecule has 0 aliphatic rings. The van der Waals surface area contributed by atoms with Crippen LogP contribution in [0.1, 0.15) is 16.1 Å². The molecule has 2 heterocycles. The second kappa shape index (κ2) is 7.33. The van der Waals surface area contributed by atoms with Crippen molar-refractivity contribution in [1.29, 1.82) is 0 Å². The number of nitrogens with one attached hydrogen (secondary N) is 2. The van der Waals surface area contributed by atoms with E-state index in [4.69, 9.17) is 11.6 Å². The van der Waals surface area contributed by atoms with Crippen LogP contribution in [0.15, 0.2) is 30.5 Å². The number of pyridine rings is 1. The highest BCUT2D eigenvalue weighted by atomic mass is 35.5. The summed E-state index contributed by atoms with van der Waals surface area (Å²) in [4.78, 5) is 24.8. The number of H-pyrrole nitrogens is 1. The molecule has 0 fully saturated rings. The molecule has 0 atom stereocenters. The molecule has 3 aromatic rings. The highest BCUT2D eigenvalue weighted by Crippen LogP contribution is 2.41. The molecule has 6 nitrogen and oxygen atoms in total. The minimum Gasteiger partial charge on any atom is -0.363 e. The van der Waals surface area contributed by atoms with Crippen molar-refractivity contribution in [2.24, 2.45) is 0 Å². The summed E-state index contributed by atoms with van der Waals surface area (Å²) in [5.41, 5.74) is 1.77. The van der Waals surface area contributed by atoms with Gasteiger partial charge in [0.1, 0.15) is 5.82 Å². The van der Waals surface area contributed by atoms with Gasteiger partial charge in [0.15, 0.2) is 5.69 Å². The Bertz CT molecular complexity index is 1050. The predicted octanol–water partition coefficient (Wildman–Crippen LogP) is 4.26. The fourth-order valence-electron chi connectivity index (χ4n) is 2.82. The summed E-state index contributed by atoms with van der Waals surface area (Å²) in [7, 11) is 4.48. The van der Waals surface area contributed by atoms with Gasteiger partial charge in [0.2, 0.25) is 0 Å². The first kappa shape index (κ1) is 20.0. The predicted molar refractivity (Wildman–Crippen MR) is 100 cm³/mol. The van der Waals surface area contributed by atoms with Crippen molar-refractivity contribution in [2.75, 3.05) is 26.1 Å². The Balaban J connectivity index is 2.24. The average Bonchev–Trinajstić information content (AvgIpc) is 3.02. The van der Waals surface area contributed by atoms with Crippen LogP contribution in [0.4, 0.5) is 19.0 Å². The van der Waals surface area contributed by atoms with Crippen molar-refractivity contribution >= 4 is 34.2 Å². The normalized spacial score (nSPS) is 11.7. The van der Waals surface area contributed by atoms with Gasteiger partial charge in [-0.1, -0.05) is 11.6 Å². The number of amides is 1. The molecule has 0 aliphatic carbocycles. The first-order valence-corrected chi connectivity index (χ1v) is 8.41. The summed E-state index contributed by atoms with van der Waals surface area (Å²) in [6.07, 6.45) is -3.26. The smallest absolute Gasteiger partial charge is 0.363 e. The molecule has 0 unspecified atom stereocenters. The first-order valence-electron chi connectivity index (χ1n) is 8.03. The van der Waals surface area contributed by atoms with Gasteiger partial charge in [0.05, 0.1) is 17.7 Å². The number of hydroxylamine groups is 1. The molecule has 0 radical (unpaired) electrons. The number of carbonyl (C=O) groups excluding carboxylic acids is 1. The lowest BCUT2D eigenvalue weighted by atomic mass is 10.00. The molecule has 0 saturated carbocycles. The molecule has 0 spiro atoms. The van der Waals surface area contributed by atoms with Crippen molar-refractivity contribution in [1.82, 2.24) is 15.4 Å². The van der Waals surface area contributed by atoms with Gasteiger partial charge in [-0.05, 0) is 24.3 Å². The molecule has 2 N–H and O–H groups in total. The molecule has 0 bridgehead atoms. The quantitative estimate of drug-likeness (QED) is 0.628. The molecular weight excluding hydrogens is 397 g/mol. The summed E-state index contributed by atoms with van der Waals surface area (Å²) in [5.74, 6) is -0.380. The number of fused-ring (bicyclic) bond motifs is 1. The van der Waals surface area contributed by atoms with Gasteiger partial charge in [0, 0.05) is 42.3 Å². The lowest BCUT2D eigenvalue weighted by Crippen LogP contribution is -2.21. The van der Waals surface area contributed by atoms with Crippen molar-refractivity contribution in [3.8, 4) is 11.1 Å². The van der Waals surface area contributed by atoms with Crippen LogP contribution >= 0.6 is 11.6 Å². The number of alkyl halides is 3. The Morgan fingerprint density at radius 2 is 1.96 bits per heavy atom. The van der Waals surface area contributed by atoms with Gasteiger partial charge >= 0.3 is 6.18 Å². The second-order valence-corrected chi connectivity index (χ2v) is 6.58.